The highest BCUT2D eigenvalue weighted by Crippen LogP contribution is 2.45. The van der Waals surface area contributed by atoms with Crippen LogP contribution in [0.2, 0.25) is 0 Å². The highest BCUT2D eigenvalue weighted by atomic mass is 19.1. The maximum atomic E-state index is 13.7. The fourth-order valence-electron chi connectivity index (χ4n) is 6.03. The van der Waals surface area contributed by atoms with Gasteiger partial charge >= 0.3 is 0 Å². The predicted octanol–water partition coefficient (Wildman–Crippen LogP) is 3.82. The average molecular weight is 528 g/mol. The molecule has 3 aliphatic rings. The molecule has 4 aromatic rings. The lowest BCUT2D eigenvalue weighted by atomic mass is 9.99. The van der Waals surface area contributed by atoms with E-state index >= 15 is 0 Å². The first-order chi connectivity index (χ1) is 18.9. The number of pyridine rings is 2. The zero-order valence-electron chi connectivity index (χ0n) is 21.9. The van der Waals surface area contributed by atoms with Crippen molar-refractivity contribution in [2.24, 2.45) is 0 Å². The highest BCUT2D eigenvalue weighted by Gasteiger charge is 2.53. The Morgan fingerprint density at radius 2 is 2.03 bits per heavy atom. The van der Waals surface area contributed by atoms with Crippen molar-refractivity contribution in [3.63, 3.8) is 0 Å². The van der Waals surface area contributed by atoms with Crippen LogP contribution in [0.25, 0.3) is 16.9 Å². The molecule has 39 heavy (non-hydrogen) atoms. The first-order valence-corrected chi connectivity index (χ1v) is 13.3. The van der Waals surface area contributed by atoms with Gasteiger partial charge in [-0.15, -0.1) is 0 Å². The molecule has 1 atom stereocenters. The van der Waals surface area contributed by atoms with Gasteiger partial charge in [0.15, 0.2) is 0 Å². The smallest absolute Gasteiger partial charge is 0.254 e. The molecule has 1 saturated heterocycles. The fourth-order valence-corrected chi connectivity index (χ4v) is 6.03. The average Bonchev–Trinajstić information content (AvgIpc) is 3.54. The number of anilines is 3. The summed E-state index contributed by atoms with van der Waals surface area (Å²) in [7, 11) is 4.28. The van der Waals surface area contributed by atoms with E-state index in [1.807, 2.05) is 28.8 Å². The second-order valence-electron chi connectivity index (χ2n) is 10.7. The SMILES string of the molecule is CN(C)C1(C2CN(c3ccc(Nc4ccc(-c5cnc6cc(F)ccn56)c5c4C(=O)NC5)nc3)CCO2)CC1. The number of halogens is 1. The van der Waals surface area contributed by atoms with Crippen molar-refractivity contribution in [2.75, 3.05) is 44.0 Å². The Morgan fingerprint density at radius 1 is 1.15 bits per heavy atom. The molecule has 9 nitrogen and oxygen atoms in total. The number of imidazole rings is 1. The molecule has 0 radical (unpaired) electrons. The number of hydrogen-bond donors (Lipinski definition) is 2. The van der Waals surface area contributed by atoms with Crippen LogP contribution in [-0.4, -0.2) is 70.6 Å². The molecule has 1 aromatic carbocycles. The second kappa shape index (κ2) is 9.03. The lowest BCUT2D eigenvalue weighted by molar-refractivity contribution is -0.0215. The molecule has 10 heteroatoms. The number of nitrogens with one attached hydrogen (secondary N) is 2. The van der Waals surface area contributed by atoms with E-state index in [-0.39, 0.29) is 23.4 Å². The van der Waals surface area contributed by atoms with Gasteiger partial charge in [-0.05, 0) is 56.8 Å². The first kappa shape index (κ1) is 24.1. The predicted molar refractivity (Wildman–Crippen MR) is 147 cm³/mol. The summed E-state index contributed by atoms with van der Waals surface area (Å²) in [5.41, 5.74) is 5.57. The van der Waals surface area contributed by atoms with E-state index in [0.717, 1.165) is 35.6 Å². The van der Waals surface area contributed by atoms with Crippen LogP contribution in [-0.2, 0) is 11.3 Å². The molecule has 2 fully saturated rings. The topological polar surface area (TPSA) is 87.0 Å². The first-order valence-electron chi connectivity index (χ1n) is 13.3. The lowest BCUT2D eigenvalue weighted by Gasteiger charge is -2.40. The Labute approximate surface area is 225 Å². The summed E-state index contributed by atoms with van der Waals surface area (Å²) in [5.74, 6) is 0.184. The number of rotatable bonds is 6. The van der Waals surface area contributed by atoms with Crippen LogP contribution in [0.4, 0.5) is 21.6 Å². The number of amides is 1. The molecule has 1 saturated carbocycles. The zero-order valence-corrected chi connectivity index (χ0v) is 21.9. The third-order valence-electron chi connectivity index (χ3n) is 8.41. The van der Waals surface area contributed by atoms with Gasteiger partial charge < -0.3 is 25.2 Å². The van der Waals surface area contributed by atoms with Gasteiger partial charge in [0.05, 0.1) is 47.7 Å². The van der Waals surface area contributed by atoms with E-state index in [4.69, 9.17) is 4.74 Å². The maximum absolute atomic E-state index is 13.7. The minimum Gasteiger partial charge on any atom is -0.373 e. The van der Waals surface area contributed by atoms with Crippen LogP contribution in [0, 0.1) is 5.82 Å². The second-order valence-corrected chi connectivity index (χ2v) is 10.7. The van der Waals surface area contributed by atoms with Crippen LogP contribution >= 0.6 is 0 Å². The van der Waals surface area contributed by atoms with E-state index < -0.39 is 0 Å². The lowest BCUT2D eigenvalue weighted by Crippen LogP contribution is -2.53. The molecule has 200 valence electrons. The number of fused-ring (bicyclic) bond motifs is 2. The molecule has 0 spiro atoms. The standard InChI is InChI=1S/C29H30FN7O2/c1-35(2)29(8-9-29)24-17-36(11-12-39-24)19-3-6-25(31-14-19)34-22-5-4-20(21-15-33-28(38)27(21)22)23-16-32-26-13-18(30)7-10-37(23)26/h3-7,10,13-14,16,24H,8-9,11-12,15,17H2,1-2H3,(H,31,34)(H,33,38). The number of benzene rings is 1. The minimum absolute atomic E-state index is 0.139. The van der Waals surface area contributed by atoms with E-state index in [1.54, 1.807) is 12.4 Å². The Bertz CT molecular complexity index is 1580. The quantitative estimate of drug-likeness (QED) is 0.394. The van der Waals surface area contributed by atoms with Gasteiger partial charge in [-0.3, -0.25) is 9.20 Å². The number of likely N-dealkylation sites (N-methyl/N-ethyl adjacent to an activating group) is 1. The molecular weight excluding hydrogens is 497 g/mol. The summed E-state index contributed by atoms with van der Waals surface area (Å²) in [5, 5.41) is 6.29. The van der Waals surface area contributed by atoms with Crippen molar-refractivity contribution in [3.05, 3.63) is 71.9 Å². The number of hydrogen-bond acceptors (Lipinski definition) is 7. The molecule has 7 rings (SSSR count). The van der Waals surface area contributed by atoms with Crippen LogP contribution < -0.4 is 15.5 Å². The van der Waals surface area contributed by atoms with E-state index in [2.05, 4.69) is 50.6 Å². The van der Waals surface area contributed by atoms with Gasteiger partial charge in [0.2, 0.25) is 0 Å². The summed E-state index contributed by atoms with van der Waals surface area (Å²) in [6, 6.07) is 10.7. The van der Waals surface area contributed by atoms with Crippen LogP contribution in [0.5, 0.6) is 0 Å². The van der Waals surface area contributed by atoms with Crippen molar-refractivity contribution < 1.29 is 13.9 Å². The van der Waals surface area contributed by atoms with Crippen molar-refractivity contribution in [3.8, 4) is 11.3 Å². The van der Waals surface area contributed by atoms with Gasteiger partial charge in [-0.2, -0.15) is 0 Å². The van der Waals surface area contributed by atoms with Crippen molar-refractivity contribution >= 4 is 28.7 Å². The Balaban J connectivity index is 1.13. The summed E-state index contributed by atoms with van der Waals surface area (Å²) in [6.45, 7) is 2.79. The maximum Gasteiger partial charge on any atom is 0.254 e. The van der Waals surface area contributed by atoms with E-state index in [9.17, 15) is 9.18 Å². The number of carbonyl (C=O) groups is 1. The minimum atomic E-state index is -0.339. The van der Waals surface area contributed by atoms with Crippen molar-refractivity contribution in [2.45, 2.75) is 31.0 Å². The summed E-state index contributed by atoms with van der Waals surface area (Å²) >= 11 is 0. The van der Waals surface area contributed by atoms with Gasteiger partial charge in [0, 0.05) is 43.0 Å². The van der Waals surface area contributed by atoms with Crippen LogP contribution in [0.3, 0.4) is 0 Å². The van der Waals surface area contributed by atoms with Crippen LogP contribution in [0.1, 0.15) is 28.8 Å². The zero-order chi connectivity index (χ0) is 26.7. The molecule has 1 aliphatic carbocycles. The van der Waals surface area contributed by atoms with Gasteiger partial charge in [0.25, 0.3) is 5.91 Å². The largest absolute Gasteiger partial charge is 0.373 e. The number of ether oxygens (including phenoxy) is 1. The van der Waals surface area contributed by atoms with Gasteiger partial charge in [-0.25, -0.2) is 14.4 Å². The molecule has 1 unspecified atom stereocenters. The summed E-state index contributed by atoms with van der Waals surface area (Å²) in [4.78, 5) is 26.5. The summed E-state index contributed by atoms with van der Waals surface area (Å²) < 4.78 is 21.7. The number of aromatic nitrogens is 3. The normalized spacial score (nSPS) is 19.8. The molecule has 3 aromatic heterocycles. The van der Waals surface area contributed by atoms with Gasteiger partial charge in [0.1, 0.15) is 17.3 Å². The van der Waals surface area contributed by atoms with E-state index in [1.165, 1.54) is 25.0 Å². The van der Waals surface area contributed by atoms with Crippen LogP contribution in [0.15, 0.2) is 55.0 Å². The summed E-state index contributed by atoms with van der Waals surface area (Å²) in [6.07, 6.45) is 7.78. The Kier molecular flexibility index (Phi) is 5.57. The molecule has 2 N–H and O–H groups in total. The molecule has 1 amide bonds. The Hall–Kier alpha value is -4.02. The molecule has 2 aliphatic heterocycles. The monoisotopic (exact) mass is 527 g/mol. The van der Waals surface area contributed by atoms with Crippen molar-refractivity contribution in [1.82, 2.24) is 24.6 Å². The highest BCUT2D eigenvalue weighted by molar-refractivity contribution is 6.06. The number of morpholine rings is 1. The van der Waals surface area contributed by atoms with E-state index in [0.29, 0.717) is 35.9 Å². The number of carbonyl (C=O) groups excluding carboxylic acids is 1. The molecular formula is C29H30FN7O2. The molecule has 0 bridgehead atoms. The third kappa shape index (κ3) is 4.02. The molecule has 5 heterocycles. The van der Waals surface area contributed by atoms with Crippen molar-refractivity contribution in [1.29, 1.82) is 0 Å². The van der Waals surface area contributed by atoms with Gasteiger partial charge in [-0.1, -0.05) is 6.07 Å². The number of nitrogens with zero attached hydrogens (tertiary/aromatic N) is 5. The fraction of sp³-hybridized carbons (Fsp3) is 0.345. The Morgan fingerprint density at radius 3 is 2.79 bits per heavy atom. The third-order valence-corrected chi connectivity index (χ3v) is 8.41.